The molecule has 0 aliphatic heterocycles. The van der Waals surface area contributed by atoms with Crippen LogP contribution in [0, 0.1) is 0 Å². The molecule has 16 heavy (non-hydrogen) atoms. The molecule has 3 heteroatoms. The van der Waals surface area contributed by atoms with E-state index in [1.807, 2.05) is 18.5 Å². The first-order chi connectivity index (χ1) is 7.77. The lowest BCUT2D eigenvalue weighted by molar-refractivity contribution is 1.07. The zero-order valence-corrected chi connectivity index (χ0v) is 9.70. The number of aromatic amines is 1. The van der Waals surface area contributed by atoms with Crippen molar-refractivity contribution in [1.29, 1.82) is 0 Å². The van der Waals surface area contributed by atoms with Crippen molar-refractivity contribution in [2.75, 3.05) is 24.3 Å². The Hall–Kier alpha value is -1.90. The molecule has 0 atom stereocenters. The fourth-order valence-corrected chi connectivity index (χ4v) is 1.73. The van der Waals surface area contributed by atoms with E-state index in [1.165, 1.54) is 11.3 Å². The molecule has 0 saturated carbocycles. The van der Waals surface area contributed by atoms with E-state index in [9.17, 15) is 0 Å². The van der Waals surface area contributed by atoms with E-state index < -0.39 is 0 Å². The van der Waals surface area contributed by atoms with Crippen LogP contribution in [0.4, 0.5) is 11.4 Å². The summed E-state index contributed by atoms with van der Waals surface area (Å²) in [6.45, 7) is 0.839. The van der Waals surface area contributed by atoms with Crippen LogP contribution in [0.1, 0.15) is 5.56 Å². The second-order valence-electron chi connectivity index (χ2n) is 3.98. The Morgan fingerprint density at radius 1 is 1.19 bits per heavy atom. The Balaban J connectivity index is 2.09. The van der Waals surface area contributed by atoms with E-state index in [-0.39, 0.29) is 0 Å². The molecule has 0 amide bonds. The summed E-state index contributed by atoms with van der Waals surface area (Å²) in [5, 5.41) is 3.38. The van der Waals surface area contributed by atoms with Crippen LogP contribution in [0.3, 0.4) is 0 Å². The van der Waals surface area contributed by atoms with Crippen molar-refractivity contribution in [3.05, 3.63) is 48.3 Å². The van der Waals surface area contributed by atoms with Gasteiger partial charge in [-0.05, 0) is 17.7 Å². The van der Waals surface area contributed by atoms with Gasteiger partial charge in [-0.2, -0.15) is 0 Å². The van der Waals surface area contributed by atoms with Gasteiger partial charge in [0, 0.05) is 38.7 Å². The van der Waals surface area contributed by atoms with Crippen molar-refractivity contribution < 1.29 is 0 Å². The number of rotatable bonds is 4. The van der Waals surface area contributed by atoms with Crippen LogP contribution in [0.5, 0.6) is 0 Å². The minimum absolute atomic E-state index is 0.839. The number of para-hydroxylation sites is 1. The molecule has 0 saturated heterocycles. The molecule has 0 fully saturated rings. The highest BCUT2D eigenvalue weighted by Gasteiger charge is 2.02. The highest BCUT2D eigenvalue weighted by molar-refractivity contribution is 5.54. The van der Waals surface area contributed by atoms with Crippen molar-refractivity contribution in [2.45, 2.75) is 6.54 Å². The summed E-state index contributed by atoms with van der Waals surface area (Å²) in [5.74, 6) is 0. The maximum atomic E-state index is 3.38. The van der Waals surface area contributed by atoms with Gasteiger partial charge in [-0.1, -0.05) is 18.2 Å². The monoisotopic (exact) mass is 215 g/mol. The maximum Gasteiger partial charge on any atom is 0.0520 e. The van der Waals surface area contributed by atoms with Gasteiger partial charge < -0.3 is 15.2 Å². The SMILES string of the molecule is CN(C)c1ccccc1CNc1cc[nH]c1. The minimum atomic E-state index is 0.839. The van der Waals surface area contributed by atoms with E-state index in [2.05, 4.69) is 53.6 Å². The van der Waals surface area contributed by atoms with Crippen molar-refractivity contribution in [1.82, 2.24) is 4.98 Å². The van der Waals surface area contributed by atoms with Gasteiger partial charge in [0.05, 0.1) is 5.69 Å². The van der Waals surface area contributed by atoms with Gasteiger partial charge in [0.1, 0.15) is 0 Å². The molecule has 0 aliphatic carbocycles. The maximum absolute atomic E-state index is 3.38. The summed E-state index contributed by atoms with van der Waals surface area (Å²) in [5.41, 5.74) is 3.67. The number of hydrogen-bond donors (Lipinski definition) is 2. The molecule has 84 valence electrons. The second kappa shape index (κ2) is 4.75. The predicted molar refractivity (Wildman–Crippen MR) is 68.9 cm³/mol. The average Bonchev–Trinajstić information content (AvgIpc) is 2.79. The van der Waals surface area contributed by atoms with Crippen molar-refractivity contribution >= 4 is 11.4 Å². The number of nitrogens with zero attached hydrogens (tertiary/aromatic N) is 1. The van der Waals surface area contributed by atoms with Crippen LogP contribution in [0.15, 0.2) is 42.7 Å². The highest BCUT2D eigenvalue weighted by atomic mass is 15.1. The lowest BCUT2D eigenvalue weighted by atomic mass is 10.1. The Bertz CT molecular complexity index is 432. The van der Waals surface area contributed by atoms with Gasteiger partial charge in [0.15, 0.2) is 0 Å². The fourth-order valence-electron chi connectivity index (χ4n) is 1.73. The molecule has 3 nitrogen and oxygen atoms in total. The number of hydrogen-bond acceptors (Lipinski definition) is 2. The predicted octanol–water partition coefficient (Wildman–Crippen LogP) is 2.69. The number of H-pyrrole nitrogens is 1. The Labute approximate surface area is 96.1 Å². The van der Waals surface area contributed by atoms with Gasteiger partial charge >= 0.3 is 0 Å². The summed E-state index contributed by atoms with van der Waals surface area (Å²) >= 11 is 0. The lowest BCUT2D eigenvalue weighted by Gasteiger charge is -2.17. The summed E-state index contributed by atoms with van der Waals surface area (Å²) in [7, 11) is 4.13. The van der Waals surface area contributed by atoms with E-state index in [0.717, 1.165) is 12.2 Å². The zero-order chi connectivity index (χ0) is 11.4. The summed E-state index contributed by atoms with van der Waals surface area (Å²) in [6, 6.07) is 10.4. The number of anilines is 2. The van der Waals surface area contributed by atoms with E-state index in [1.54, 1.807) is 0 Å². The first kappa shape index (κ1) is 10.6. The van der Waals surface area contributed by atoms with Crippen molar-refractivity contribution in [3.63, 3.8) is 0 Å². The molecule has 2 rings (SSSR count). The van der Waals surface area contributed by atoms with Crippen LogP contribution >= 0.6 is 0 Å². The average molecular weight is 215 g/mol. The molecule has 1 heterocycles. The first-order valence-corrected chi connectivity index (χ1v) is 5.39. The topological polar surface area (TPSA) is 31.1 Å². The third kappa shape index (κ3) is 2.37. The zero-order valence-electron chi connectivity index (χ0n) is 9.70. The standard InChI is InChI=1S/C13H17N3/c1-16(2)13-6-4-3-5-11(13)9-15-12-7-8-14-10-12/h3-8,10,14-15H,9H2,1-2H3. The van der Waals surface area contributed by atoms with Gasteiger partial charge in [-0.15, -0.1) is 0 Å². The summed E-state index contributed by atoms with van der Waals surface area (Å²) in [4.78, 5) is 5.16. The third-order valence-corrected chi connectivity index (χ3v) is 2.55. The largest absolute Gasteiger partial charge is 0.380 e. The van der Waals surface area contributed by atoms with Gasteiger partial charge in [-0.25, -0.2) is 0 Å². The Morgan fingerprint density at radius 3 is 2.69 bits per heavy atom. The molecule has 1 aromatic heterocycles. The molecule has 0 spiro atoms. The quantitative estimate of drug-likeness (QED) is 0.821. The normalized spacial score (nSPS) is 10.1. The van der Waals surface area contributed by atoms with Crippen molar-refractivity contribution in [3.8, 4) is 0 Å². The lowest BCUT2D eigenvalue weighted by Crippen LogP contribution is -2.12. The number of nitrogens with one attached hydrogen (secondary N) is 2. The highest BCUT2D eigenvalue weighted by Crippen LogP contribution is 2.19. The minimum Gasteiger partial charge on any atom is -0.380 e. The molecule has 2 aromatic rings. The van der Waals surface area contributed by atoms with Crippen LogP contribution in [-0.4, -0.2) is 19.1 Å². The molecule has 0 radical (unpaired) electrons. The van der Waals surface area contributed by atoms with E-state index in [4.69, 9.17) is 0 Å². The van der Waals surface area contributed by atoms with E-state index >= 15 is 0 Å². The molecular weight excluding hydrogens is 198 g/mol. The second-order valence-corrected chi connectivity index (χ2v) is 3.98. The fraction of sp³-hybridized carbons (Fsp3) is 0.231. The molecule has 0 aliphatic rings. The molecule has 1 aromatic carbocycles. The first-order valence-electron chi connectivity index (χ1n) is 5.39. The molecule has 0 bridgehead atoms. The van der Waals surface area contributed by atoms with E-state index in [0.29, 0.717) is 0 Å². The summed E-state index contributed by atoms with van der Waals surface area (Å²) < 4.78 is 0. The Kier molecular flexibility index (Phi) is 3.15. The number of aromatic nitrogens is 1. The summed E-state index contributed by atoms with van der Waals surface area (Å²) in [6.07, 6.45) is 3.87. The van der Waals surface area contributed by atoms with Crippen LogP contribution < -0.4 is 10.2 Å². The van der Waals surface area contributed by atoms with Gasteiger partial charge in [0.2, 0.25) is 0 Å². The van der Waals surface area contributed by atoms with Crippen LogP contribution in [0.25, 0.3) is 0 Å². The molecule has 0 unspecified atom stereocenters. The van der Waals surface area contributed by atoms with Crippen molar-refractivity contribution in [2.24, 2.45) is 0 Å². The third-order valence-electron chi connectivity index (χ3n) is 2.55. The van der Waals surface area contributed by atoms with Crippen LogP contribution in [-0.2, 0) is 6.54 Å². The van der Waals surface area contributed by atoms with Gasteiger partial charge in [-0.3, -0.25) is 0 Å². The molecular formula is C13H17N3. The van der Waals surface area contributed by atoms with Crippen LogP contribution in [0.2, 0.25) is 0 Å². The smallest absolute Gasteiger partial charge is 0.0520 e. The molecule has 2 N–H and O–H groups in total. The Morgan fingerprint density at radius 2 is 2.00 bits per heavy atom. The number of benzene rings is 1. The van der Waals surface area contributed by atoms with Gasteiger partial charge in [0.25, 0.3) is 0 Å².